The first kappa shape index (κ1) is 29.7. The van der Waals surface area contributed by atoms with Crippen LogP contribution in [0.1, 0.15) is 17.5 Å². The van der Waals surface area contributed by atoms with Gasteiger partial charge in [0.25, 0.3) is 0 Å². The van der Waals surface area contributed by atoms with E-state index in [0.29, 0.717) is 5.82 Å². The van der Waals surface area contributed by atoms with Crippen molar-refractivity contribution in [3.8, 4) is 67.3 Å². The van der Waals surface area contributed by atoms with Gasteiger partial charge in [-0.05, 0) is 98.5 Å². The summed E-state index contributed by atoms with van der Waals surface area (Å²) < 4.78 is 0. The minimum absolute atomic E-state index is 0.697. The van der Waals surface area contributed by atoms with E-state index in [4.69, 9.17) is 9.97 Å². The molecule has 50 heavy (non-hydrogen) atoms. The van der Waals surface area contributed by atoms with Crippen LogP contribution in [0.2, 0.25) is 0 Å². The zero-order chi connectivity index (χ0) is 33.3. The molecule has 8 aromatic rings. The SMILES string of the molecule is C1=Cc2ccc(-c3cccc(-c4cc(-c5ccc(-c6cccnc6)cc5)nc(-c5cccc(-c6ccc7ccccc7c6)c5)n4)c3)cc2CC1. The number of hydrogen-bond donors (Lipinski definition) is 0. The van der Waals surface area contributed by atoms with Crippen molar-refractivity contribution in [2.45, 2.75) is 12.8 Å². The van der Waals surface area contributed by atoms with E-state index in [-0.39, 0.29) is 0 Å². The molecule has 1 aliphatic carbocycles. The first-order valence-corrected chi connectivity index (χ1v) is 17.1. The van der Waals surface area contributed by atoms with Crippen molar-refractivity contribution in [1.29, 1.82) is 0 Å². The molecule has 2 aromatic heterocycles. The van der Waals surface area contributed by atoms with Crippen LogP contribution in [-0.2, 0) is 6.42 Å². The van der Waals surface area contributed by atoms with Crippen molar-refractivity contribution in [1.82, 2.24) is 15.0 Å². The van der Waals surface area contributed by atoms with Gasteiger partial charge in [-0.1, -0.05) is 133 Å². The lowest BCUT2D eigenvalue weighted by molar-refractivity contribution is 0.986. The molecule has 0 atom stereocenters. The summed E-state index contributed by atoms with van der Waals surface area (Å²) in [6.07, 6.45) is 10.4. The Kier molecular flexibility index (Phi) is 7.64. The van der Waals surface area contributed by atoms with Crippen LogP contribution in [0.3, 0.4) is 0 Å². The molecule has 0 spiro atoms. The lowest BCUT2D eigenvalue weighted by Crippen LogP contribution is -1.97. The lowest BCUT2D eigenvalue weighted by Gasteiger charge is -2.14. The molecule has 0 amide bonds. The molecule has 9 rings (SSSR count). The third kappa shape index (κ3) is 5.91. The molecule has 3 nitrogen and oxygen atoms in total. The maximum absolute atomic E-state index is 5.23. The predicted octanol–water partition coefficient (Wildman–Crippen LogP) is 12.0. The first-order chi connectivity index (χ1) is 24.7. The summed E-state index contributed by atoms with van der Waals surface area (Å²) in [6, 6.07) is 54.0. The van der Waals surface area contributed by atoms with E-state index in [1.165, 1.54) is 38.6 Å². The fourth-order valence-corrected chi connectivity index (χ4v) is 6.92. The van der Waals surface area contributed by atoms with E-state index in [0.717, 1.165) is 57.6 Å². The second kappa shape index (κ2) is 12.9. The van der Waals surface area contributed by atoms with Gasteiger partial charge in [-0.2, -0.15) is 0 Å². The highest BCUT2D eigenvalue weighted by molar-refractivity contribution is 5.88. The molecule has 0 unspecified atom stereocenters. The van der Waals surface area contributed by atoms with E-state index in [9.17, 15) is 0 Å². The van der Waals surface area contributed by atoms with E-state index >= 15 is 0 Å². The molecule has 2 heterocycles. The van der Waals surface area contributed by atoms with E-state index in [1.807, 2.05) is 12.3 Å². The zero-order valence-corrected chi connectivity index (χ0v) is 27.5. The molecule has 236 valence electrons. The van der Waals surface area contributed by atoms with Gasteiger partial charge in [-0.3, -0.25) is 4.98 Å². The largest absolute Gasteiger partial charge is 0.264 e. The minimum atomic E-state index is 0.697. The van der Waals surface area contributed by atoms with E-state index in [1.54, 1.807) is 6.20 Å². The Hall–Kier alpha value is -6.45. The van der Waals surface area contributed by atoms with Gasteiger partial charge >= 0.3 is 0 Å². The number of allylic oxidation sites excluding steroid dienone is 1. The quantitative estimate of drug-likeness (QED) is 0.182. The van der Waals surface area contributed by atoms with Crippen molar-refractivity contribution in [2.24, 2.45) is 0 Å². The highest BCUT2D eigenvalue weighted by Crippen LogP contribution is 2.34. The van der Waals surface area contributed by atoms with Crippen LogP contribution < -0.4 is 0 Å². The first-order valence-electron chi connectivity index (χ1n) is 17.1. The van der Waals surface area contributed by atoms with Crippen LogP contribution in [-0.4, -0.2) is 15.0 Å². The Morgan fingerprint density at radius 2 is 1.06 bits per heavy atom. The molecule has 0 bridgehead atoms. The molecule has 0 aliphatic heterocycles. The Bertz CT molecular complexity index is 2530. The third-order valence-corrected chi connectivity index (χ3v) is 9.62. The maximum Gasteiger partial charge on any atom is 0.160 e. The summed E-state index contributed by atoms with van der Waals surface area (Å²) in [5.74, 6) is 0.697. The fourth-order valence-electron chi connectivity index (χ4n) is 6.92. The second-order valence-corrected chi connectivity index (χ2v) is 12.9. The van der Waals surface area contributed by atoms with Crippen LogP contribution in [0, 0.1) is 0 Å². The Balaban J connectivity index is 1.15. The van der Waals surface area contributed by atoms with Gasteiger partial charge in [0.2, 0.25) is 0 Å². The van der Waals surface area contributed by atoms with Crippen LogP contribution in [0.25, 0.3) is 84.1 Å². The van der Waals surface area contributed by atoms with Crippen molar-refractivity contribution >= 4 is 16.8 Å². The van der Waals surface area contributed by atoms with Crippen LogP contribution in [0.4, 0.5) is 0 Å². The Morgan fingerprint density at radius 3 is 1.88 bits per heavy atom. The topological polar surface area (TPSA) is 38.7 Å². The second-order valence-electron chi connectivity index (χ2n) is 12.9. The molecule has 0 saturated heterocycles. The Labute approximate surface area is 292 Å². The standard InChI is InChI=1S/C47H33N3/c1-3-10-36-26-40(23-19-32(36)8-1)38-12-5-14-42(28-38)46-30-45(35-21-17-34(18-22-35)44-16-7-25-48-31-44)49-47(50-46)43-15-6-13-39(29-43)41-24-20-33-9-2-4-11-37(33)27-41/h1-2,4-9,11-31H,3,10H2. The predicted molar refractivity (Wildman–Crippen MR) is 207 cm³/mol. The third-order valence-electron chi connectivity index (χ3n) is 9.62. The molecular formula is C47H33N3. The molecule has 1 aliphatic rings. The summed E-state index contributed by atoms with van der Waals surface area (Å²) in [4.78, 5) is 14.7. The van der Waals surface area contributed by atoms with Gasteiger partial charge in [-0.15, -0.1) is 0 Å². The average Bonchev–Trinajstić information content (AvgIpc) is 3.21. The number of aryl methyl sites for hydroxylation is 1. The van der Waals surface area contributed by atoms with Gasteiger partial charge in [0.1, 0.15) is 0 Å². The fraction of sp³-hybridized carbons (Fsp3) is 0.0426. The number of nitrogens with zero attached hydrogens (tertiary/aromatic N) is 3. The van der Waals surface area contributed by atoms with Crippen molar-refractivity contribution in [3.63, 3.8) is 0 Å². The van der Waals surface area contributed by atoms with Crippen molar-refractivity contribution < 1.29 is 0 Å². The summed E-state index contributed by atoms with van der Waals surface area (Å²) in [5, 5.41) is 2.46. The van der Waals surface area contributed by atoms with Crippen molar-refractivity contribution in [2.75, 3.05) is 0 Å². The van der Waals surface area contributed by atoms with Crippen molar-refractivity contribution in [3.05, 3.63) is 181 Å². The smallest absolute Gasteiger partial charge is 0.160 e. The average molecular weight is 640 g/mol. The maximum atomic E-state index is 5.23. The zero-order valence-electron chi connectivity index (χ0n) is 27.5. The molecule has 0 radical (unpaired) electrons. The summed E-state index contributed by atoms with van der Waals surface area (Å²) in [5.41, 5.74) is 14.5. The van der Waals surface area contributed by atoms with Gasteiger partial charge in [0, 0.05) is 29.1 Å². The summed E-state index contributed by atoms with van der Waals surface area (Å²) in [6.45, 7) is 0. The monoisotopic (exact) mass is 639 g/mol. The molecule has 3 heteroatoms. The summed E-state index contributed by atoms with van der Waals surface area (Å²) >= 11 is 0. The summed E-state index contributed by atoms with van der Waals surface area (Å²) in [7, 11) is 0. The van der Waals surface area contributed by atoms with Gasteiger partial charge in [-0.25, -0.2) is 9.97 Å². The lowest BCUT2D eigenvalue weighted by atomic mass is 9.92. The van der Waals surface area contributed by atoms with E-state index in [2.05, 4.69) is 163 Å². The number of benzene rings is 6. The molecule has 0 fully saturated rings. The molecule has 6 aromatic carbocycles. The minimum Gasteiger partial charge on any atom is -0.264 e. The normalized spacial score (nSPS) is 12.2. The highest BCUT2D eigenvalue weighted by atomic mass is 14.9. The van der Waals surface area contributed by atoms with Gasteiger partial charge in [0.05, 0.1) is 11.4 Å². The molecular weight excluding hydrogens is 607 g/mol. The number of aromatic nitrogens is 3. The molecule has 0 N–H and O–H groups in total. The van der Waals surface area contributed by atoms with Gasteiger partial charge in [0.15, 0.2) is 5.82 Å². The number of hydrogen-bond acceptors (Lipinski definition) is 3. The van der Waals surface area contributed by atoms with Crippen LogP contribution >= 0.6 is 0 Å². The van der Waals surface area contributed by atoms with Crippen LogP contribution in [0.15, 0.2) is 170 Å². The molecule has 0 saturated carbocycles. The van der Waals surface area contributed by atoms with Crippen LogP contribution in [0.5, 0.6) is 0 Å². The van der Waals surface area contributed by atoms with E-state index < -0.39 is 0 Å². The van der Waals surface area contributed by atoms with Gasteiger partial charge < -0.3 is 0 Å². The number of pyridine rings is 1. The highest BCUT2D eigenvalue weighted by Gasteiger charge is 2.14. The Morgan fingerprint density at radius 1 is 0.420 bits per heavy atom. The number of fused-ring (bicyclic) bond motifs is 2. The number of rotatable bonds is 6.